The van der Waals surface area contributed by atoms with E-state index in [1.807, 2.05) is 6.92 Å². The van der Waals surface area contributed by atoms with Crippen molar-refractivity contribution >= 4 is 11.8 Å². The lowest BCUT2D eigenvalue weighted by Crippen LogP contribution is -2.55. The molecule has 0 radical (unpaired) electrons. The molecule has 0 spiro atoms. The van der Waals surface area contributed by atoms with Crippen molar-refractivity contribution in [1.29, 1.82) is 0 Å². The van der Waals surface area contributed by atoms with Crippen molar-refractivity contribution in [3.8, 4) is 5.75 Å². The number of hydrogen-bond acceptors (Lipinski definition) is 4. The van der Waals surface area contributed by atoms with E-state index in [1.54, 1.807) is 17.0 Å². The van der Waals surface area contributed by atoms with Crippen LogP contribution < -0.4 is 10.1 Å². The Hall–Kier alpha value is -2.15. The Morgan fingerprint density at radius 2 is 1.92 bits per heavy atom. The minimum atomic E-state index is -0.476. The predicted molar refractivity (Wildman–Crippen MR) is 90.7 cm³/mol. The molecular weight excluding hydrogens is 325 g/mol. The summed E-state index contributed by atoms with van der Waals surface area (Å²) in [6, 6.07) is 6.20. The van der Waals surface area contributed by atoms with Crippen molar-refractivity contribution in [3.05, 3.63) is 30.1 Å². The third kappa shape index (κ3) is 4.69. The number of carbonyl (C=O) groups is 2. The number of nitrogens with zero attached hydrogens (tertiary/aromatic N) is 2. The molecule has 1 aliphatic carbocycles. The van der Waals surface area contributed by atoms with Crippen molar-refractivity contribution in [2.45, 2.75) is 31.8 Å². The molecule has 0 bridgehead atoms. The molecule has 25 heavy (non-hydrogen) atoms. The number of benzene rings is 1. The highest BCUT2D eigenvalue weighted by atomic mass is 19.1. The molecule has 1 heterocycles. The van der Waals surface area contributed by atoms with Crippen LogP contribution in [-0.2, 0) is 9.59 Å². The van der Waals surface area contributed by atoms with Gasteiger partial charge in [0.1, 0.15) is 0 Å². The van der Waals surface area contributed by atoms with Gasteiger partial charge in [-0.1, -0.05) is 12.1 Å². The van der Waals surface area contributed by atoms with Crippen LogP contribution in [0.3, 0.4) is 0 Å². The fraction of sp³-hybridized carbons (Fsp3) is 0.556. The van der Waals surface area contributed by atoms with Crippen LogP contribution in [0, 0.1) is 5.82 Å². The number of carbonyl (C=O) groups excluding carboxylic acids is 2. The number of hydrogen-bond donors (Lipinski definition) is 1. The molecule has 1 saturated heterocycles. The van der Waals surface area contributed by atoms with Crippen LogP contribution in [0.4, 0.5) is 4.39 Å². The van der Waals surface area contributed by atoms with Gasteiger partial charge in [0.05, 0.1) is 6.04 Å². The molecule has 1 aromatic carbocycles. The van der Waals surface area contributed by atoms with Gasteiger partial charge in [0, 0.05) is 32.2 Å². The average Bonchev–Trinajstić information content (AvgIpc) is 3.44. The fourth-order valence-electron chi connectivity index (χ4n) is 2.87. The Morgan fingerprint density at radius 3 is 2.56 bits per heavy atom. The van der Waals surface area contributed by atoms with Gasteiger partial charge in [0.2, 0.25) is 5.91 Å². The standard InChI is InChI=1S/C18H24FN3O3/c1-13(18(24)20-14-6-7-14)21-8-10-22(11-9-21)17(23)12-25-16-5-3-2-4-15(16)19/h2-5,13-14H,6-12H2,1H3,(H,20,24). The predicted octanol–water partition coefficient (Wildman–Crippen LogP) is 1.02. The number of para-hydroxylation sites is 1. The Labute approximate surface area is 146 Å². The van der Waals surface area contributed by atoms with Gasteiger partial charge >= 0.3 is 0 Å². The fourth-order valence-corrected chi connectivity index (χ4v) is 2.87. The third-order valence-corrected chi connectivity index (χ3v) is 4.71. The summed E-state index contributed by atoms with van der Waals surface area (Å²) in [4.78, 5) is 28.1. The summed E-state index contributed by atoms with van der Waals surface area (Å²) < 4.78 is 18.8. The van der Waals surface area contributed by atoms with Gasteiger partial charge in [-0.05, 0) is 31.9 Å². The summed E-state index contributed by atoms with van der Waals surface area (Å²) in [6.07, 6.45) is 2.14. The van der Waals surface area contributed by atoms with Crippen LogP contribution in [-0.4, -0.2) is 66.5 Å². The van der Waals surface area contributed by atoms with Gasteiger partial charge in [-0.25, -0.2) is 4.39 Å². The molecular formula is C18H24FN3O3. The minimum absolute atomic E-state index is 0.0603. The van der Waals surface area contributed by atoms with Gasteiger partial charge < -0.3 is 15.0 Å². The first kappa shape index (κ1) is 17.7. The van der Waals surface area contributed by atoms with E-state index in [1.165, 1.54) is 12.1 Å². The minimum Gasteiger partial charge on any atom is -0.481 e. The van der Waals surface area contributed by atoms with Crippen molar-refractivity contribution in [2.75, 3.05) is 32.8 Å². The summed E-state index contributed by atoms with van der Waals surface area (Å²) in [7, 11) is 0. The van der Waals surface area contributed by atoms with Crippen molar-refractivity contribution in [3.63, 3.8) is 0 Å². The Morgan fingerprint density at radius 1 is 1.24 bits per heavy atom. The summed E-state index contributed by atoms with van der Waals surface area (Å²) in [5, 5.41) is 3.01. The number of amides is 2. The Kier molecular flexibility index (Phi) is 5.53. The molecule has 2 fully saturated rings. The molecule has 6 nitrogen and oxygen atoms in total. The highest BCUT2D eigenvalue weighted by Crippen LogP contribution is 2.19. The maximum absolute atomic E-state index is 13.5. The van der Waals surface area contributed by atoms with Gasteiger partial charge in [-0.2, -0.15) is 0 Å². The van der Waals surface area contributed by atoms with Gasteiger partial charge in [-0.3, -0.25) is 14.5 Å². The third-order valence-electron chi connectivity index (χ3n) is 4.71. The van der Waals surface area contributed by atoms with Gasteiger partial charge in [0.25, 0.3) is 5.91 Å². The zero-order valence-electron chi connectivity index (χ0n) is 14.4. The highest BCUT2D eigenvalue weighted by Gasteiger charge is 2.30. The lowest BCUT2D eigenvalue weighted by molar-refractivity contribution is -0.136. The molecule has 1 saturated carbocycles. The topological polar surface area (TPSA) is 61.9 Å². The molecule has 2 amide bonds. The van der Waals surface area contributed by atoms with Crippen molar-refractivity contribution < 1.29 is 18.7 Å². The highest BCUT2D eigenvalue weighted by molar-refractivity contribution is 5.82. The molecule has 1 unspecified atom stereocenters. The quantitative estimate of drug-likeness (QED) is 0.833. The largest absolute Gasteiger partial charge is 0.481 e. The van der Waals surface area contributed by atoms with E-state index < -0.39 is 5.82 Å². The van der Waals surface area contributed by atoms with Crippen molar-refractivity contribution in [2.24, 2.45) is 0 Å². The Bertz CT molecular complexity index is 628. The first-order valence-electron chi connectivity index (χ1n) is 8.74. The lowest BCUT2D eigenvalue weighted by atomic mass is 10.2. The van der Waals surface area contributed by atoms with Crippen LogP contribution in [0.5, 0.6) is 5.75 Å². The van der Waals surface area contributed by atoms with E-state index in [9.17, 15) is 14.0 Å². The molecule has 136 valence electrons. The average molecular weight is 349 g/mol. The zero-order chi connectivity index (χ0) is 17.8. The van der Waals surface area contributed by atoms with Crippen LogP contribution in [0.25, 0.3) is 0 Å². The first-order chi connectivity index (χ1) is 12.0. The lowest BCUT2D eigenvalue weighted by Gasteiger charge is -2.37. The number of rotatable bonds is 6. The van der Waals surface area contributed by atoms with Gasteiger partial charge in [-0.15, -0.1) is 0 Å². The maximum atomic E-state index is 13.5. The van der Waals surface area contributed by atoms with E-state index >= 15 is 0 Å². The number of piperazine rings is 1. The summed E-state index contributed by atoms with van der Waals surface area (Å²) >= 11 is 0. The van der Waals surface area contributed by atoms with Crippen LogP contribution in [0.15, 0.2) is 24.3 Å². The molecule has 1 aliphatic heterocycles. The molecule has 2 aliphatic rings. The molecule has 7 heteroatoms. The zero-order valence-corrected chi connectivity index (χ0v) is 14.4. The van der Waals surface area contributed by atoms with Crippen molar-refractivity contribution in [1.82, 2.24) is 15.1 Å². The summed E-state index contributed by atoms with van der Waals surface area (Å²) in [5.74, 6) is -0.501. The van der Waals surface area contributed by atoms with E-state index in [4.69, 9.17) is 4.74 Å². The monoisotopic (exact) mass is 349 g/mol. The molecule has 1 atom stereocenters. The second kappa shape index (κ2) is 7.82. The van der Waals surface area contributed by atoms with E-state index in [0.29, 0.717) is 32.2 Å². The van der Waals surface area contributed by atoms with E-state index in [0.717, 1.165) is 12.8 Å². The van der Waals surface area contributed by atoms with Gasteiger partial charge in [0.15, 0.2) is 18.2 Å². The van der Waals surface area contributed by atoms with Crippen LogP contribution in [0.2, 0.25) is 0 Å². The van der Waals surface area contributed by atoms with E-state index in [-0.39, 0.29) is 30.2 Å². The normalized spacial score (nSPS) is 19.4. The molecule has 1 N–H and O–H groups in total. The van der Waals surface area contributed by atoms with E-state index in [2.05, 4.69) is 10.2 Å². The summed E-state index contributed by atoms with van der Waals surface area (Å²) in [6.45, 7) is 4.09. The molecule has 0 aromatic heterocycles. The number of nitrogens with one attached hydrogen (secondary N) is 1. The Balaban J connectivity index is 1.42. The second-order valence-corrected chi connectivity index (χ2v) is 6.59. The maximum Gasteiger partial charge on any atom is 0.260 e. The molecule has 1 aromatic rings. The first-order valence-corrected chi connectivity index (χ1v) is 8.74. The number of halogens is 1. The second-order valence-electron chi connectivity index (χ2n) is 6.59. The van der Waals surface area contributed by atoms with Crippen LogP contribution >= 0.6 is 0 Å². The molecule has 3 rings (SSSR count). The number of ether oxygens (including phenoxy) is 1. The summed E-state index contributed by atoms with van der Waals surface area (Å²) in [5.41, 5.74) is 0. The SMILES string of the molecule is CC(C(=O)NC1CC1)N1CCN(C(=O)COc2ccccc2F)CC1. The van der Waals surface area contributed by atoms with Crippen LogP contribution in [0.1, 0.15) is 19.8 Å². The smallest absolute Gasteiger partial charge is 0.260 e.